The number of aromatic nitrogens is 1. The van der Waals surface area contributed by atoms with Gasteiger partial charge in [0.05, 0.1) is 15.8 Å². The molecule has 3 rings (SSSR count). The van der Waals surface area contributed by atoms with Crippen molar-refractivity contribution >= 4 is 32.4 Å². The largest absolute Gasteiger partial charge is 0.375 e. The van der Waals surface area contributed by atoms with Gasteiger partial charge in [0.1, 0.15) is 0 Å². The molecular weight excluding hydrogens is 262 g/mol. The Balaban J connectivity index is 1.80. The summed E-state index contributed by atoms with van der Waals surface area (Å²) >= 11 is 1.49. The quantitative estimate of drug-likeness (QED) is 0.904. The van der Waals surface area contributed by atoms with E-state index < -0.39 is 0 Å². The van der Waals surface area contributed by atoms with Gasteiger partial charge in [-0.2, -0.15) is 0 Å². The number of ether oxygens (including phenoxy) is 2. The van der Waals surface area contributed by atoms with Crippen molar-refractivity contribution in [2.24, 2.45) is 0 Å². The molecule has 1 aliphatic heterocycles. The molecule has 102 valence electrons. The number of hydrogen-bond acceptors (Lipinski definition) is 6. The Morgan fingerprint density at radius 2 is 2.11 bits per heavy atom. The lowest BCUT2D eigenvalue weighted by atomic mass is 10.0. The topological polar surface area (TPSA) is 69.4 Å². The van der Waals surface area contributed by atoms with Crippen molar-refractivity contribution in [2.75, 3.05) is 11.1 Å². The van der Waals surface area contributed by atoms with Crippen LogP contribution in [0.4, 0.5) is 10.8 Å². The Morgan fingerprint density at radius 1 is 1.37 bits per heavy atom. The van der Waals surface area contributed by atoms with Crippen LogP contribution in [-0.2, 0) is 9.47 Å². The number of nitrogens with zero attached hydrogens (tertiary/aromatic N) is 1. The number of nitrogens with two attached hydrogens (primary N) is 1. The summed E-state index contributed by atoms with van der Waals surface area (Å²) in [7, 11) is 0. The Labute approximate surface area is 115 Å². The molecule has 5 nitrogen and oxygen atoms in total. The van der Waals surface area contributed by atoms with Crippen LogP contribution < -0.4 is 11.1 Å². The first-order valence-corrected chi connectivity index (χ1v) is 7.01. The van der Waals surface area contributed by atoms with Crippen molar-refractivity contribution in [3.8, 4) is 0 Å². The maximum atomic E-state index is 5.71. The summed E-state index contributed by atoms with van der Waals surface area (Å²) in [5.74, 6) is 0. The second kappa shape index (κ2) is 4.33. The molecule has 2 heterocycles. The van der Waals surface area contributed by atoms with Crippen LogP contribution in [0.15, 0.2) is 18.2 Å². The van der Waals surface area contributed by atoms with Crippen LogP contribution in [0.1, 0.15) is 20.8 Å². The maximum absolute atomic E-state index is 5.71. The summed E-state index contributed by atoms with van der Waals surface area (Å²) in [6, 6.07) is 6.03. The predicted molar refractivity (Wildman–Crippen MR) is 77.2 cm³/mol. The van der Waals surface area contributed by atoms with E-state index in [-0.39, 0.29) is 18.1 Å². The molecule has 0 saturated carbocycles. The van der Waals surface area contributed by atoms with Crippen molar-refractivity contribution in [2.45, 2.75) is 38.9 Å². The molecule has 0 radical (unpaired) electrons. The van der Waals surface area contributed by atoms with Crippen LogP contribution in [0.25, 0.3) is 10.2 Å². The second-order valence-electron chi connectivity index (χ2n) is 5.25. The van der Waals surface area contributed by atoms with Gasteiger partial charge in [-0.05, 0) is 39.0 Å². The third-order valence-corrected chi connectivity index (χ3v) is 3.96. The van der Waals surface area contributed by atoms with E-state index in [9.17, 15) is 0 Å². The molecule has 0 spiro atoms. The van der Waals surface area contributed by atoms with Crippen LogP contribution in [0, 0.1) is 0 Å². The number of nitrogen functional groups attached to an aromatic ring is 1. The van der Waals surface area contributed by atoms with Crippen molar-refractivity contribution in [3.63, 3.8) is 0 Å². The molecule has 0 amide bonds. The average molecular weight is 279 g/mol. The Morgan fingerprint density at radius 3 is 2.79 bits per heavy atom. The van der Waals surface area contributed by atoms with E-state index in [4.69, 9.17) is 15.2 Å². The zero-order valence-corrected chi connectivity index (χ0v) is 12.0. The fourth-order valence-electron chi connectivity index (χ4n) is 2.15. The lowest BCUT2D eigenvalue weighted by molar-refractivity contribution is -0.389. The highest BCUT2D eigenvalue weighted by Gasteiger charge is 2.40. The van der Waals surface area contributed by atoms with Gasteiger partial charge < -0.3 is 20.5 Å². The summed E-state index contributed by atoms with van der Waals surface area (Å²) in [4.78, 5) is 4.29. The van der Waals surface area contributed by atoms with Crippen molar-refractivity contribution < 1.29 is 9.47 Å². The molecular formula is C13H17N3O2S. The number of hydrogen-bond donors (Lipinski definition) is 2. The highest BCUT2D eigenvalue weighted by atomic mass is 32.1. The molecule has 0 unspecified atom stereocenters. The van der Waals surface area contributed by atoms with Gasteiger partial charge in [0.15, 0.2) is 17.7 Å². The number of fused-ring (bicyclic) bond motifs is 1. The minimum Gasteiger partial charge on any atom is -0.375 e. The summed E-state index contributed by atoms with van der Waals surface area (Å²) in [6.07, 6.45) is -0.356. The van der Waals surface area contributed by atoms with Crippen LogP contribution >= 0.6 is 11.3 Å². The van der Waals surface area contributed by atoms with E-state index in [0.717, 1.165) is 15.9 Å². The first-order valence-electron chi connectivity index (χ1n) is 6.19. The van der Waals surface area contributed by atoms with Crippen molar-refractivity contribution in [1.82, 2.24) is 4.98 Å². The summed E-state index contributed by atoms with van der Waals surface area (Å²) < 4.78 is 12.2. The molecule has 1 saturated heterocycles. The lowest BCUT2D eigenvalue weighted by Crippen LogP contribution is -2.56. The van der Waals surface area contributed by atoms with Gasteiger partial charge in [-0.25, -0.2) is 4.98 Å². The summed E-state index contributed by atoms with van der Waals surface area (Å²) in [5, 5.41) is 4.00. The zero-order valence-electron chi connectivity index (χ0n) is 11.1. The molecule has 1 aliphatic rings. The third-order valence-electron chi connectivity index (χ3n) is 3.09. The van der Waals surface area contributed by atoms with Crippen LogP contribution in [0.2, 0.25) is 0 Å². The molecule has 2 aromatic rings. The van der Waals surface area contributed by atoms with Gasteiger partial charge in [0, 0.05) is 5.69 Å². The number of anilines is 2. The van der Waals surface area contributed by atoms with E-state index in [1.54, 1.807) is 0 Å². The molecule has 6 heteroatoms. The second-order valence-corrected chi connectivity index (χ2v) is 6.32. The van der Waals surface area contributed by atoms with Gasteiger partial charge in [-0.1, -0.05) is 11.3 Å². The van der Waals surface area contributed by atoms with E-state index in [1.165, 1.54) is 11.3 Å². The molecule has 1 aromatic carbocycles. The fourth-order valence-corrected chi connectivity index (χ4v) is 2.87. The summed E-state index contributed by atoms with van der Waals surface area (Å²) in [5.41, 5.74) is 7.30. The number of thiazole rings is 1. The van der Waals surface area contributed by atoms with Gasteiger partial charge in [-0.15, -0.1) is 0 Å². The Hall–Kier alpha value is -1.37. The molecule has 0 atom stereocenters. The standard InChI is InChI=1S/C13H17N3O2S/c1-7-17-11(18-7)13(2,3)16-8-4-5-10-9(6-8)15-12(14)19-10/h4-7,11,16H,1-3H3,(H2,14,15). The highest BCUT2D eigenvalue weighted by Crippen LogP contribution is 2.31. The molecule has 0 bridgehead atoms. The van der Waals surface area contributed by atoms with E-state index in [1.807, 2.05) is 39.0 Å². The van der Waals surface area contributed by atoms with Gasteiger partial charge in [0.2, 0.25) is 0 Å². The zero-order chi connectivity index (χ0) is 13.6. The Bertz CT molecular complexity index is 605. The van der Waals surface area contributed by atoms with Gasteiger partial charge >= 0.3 is 0 Å². The van der Waals surface area contributed by atoms with E-state index in [0.29, 0.717) is 5.13 Å². The first-order chi connectivity index (χ1) is 8.94. The molecule has 1 fully saturated rings. The SMILES string of the molecule is CC1OC(C(C)(C)Nc2ccc3sc(N)nc3c2)O1. The molecule has 0 aliphatic carbocycles. The number of nitrogens with one attached hydrogen (secondary N) is 1. The normalized spacial score (nSPS) is 23.3. The average Bonchev–Trinajstić information content (AvgIpc) is 2.63. The van der Waals surface area contributed by atoms with Crippen LogP contribution in [-0.4, -0.2) is 23.1 Å². The fraction of sp³-hybridized carbons (Fsp3) is 0.462. The summed E-state index contributed by atoms with van der Waals surface area (Å²) in [6.45, 7) is 5.98. The monoisotopic (exact) mass is 279 g/mol. The van der Waals surface area contributed by atoms with Gasteiger partial charge in [0.25, 0.3) is 0 Å². The molecule has 1 aromatic heterocycles. The third kappa shape index (κ3) is 2.39. The van der Waals surface area contributed by atoms with Crippen molar-refractivity contribution in [3.05, 3.63) is 18.2 Å². The van der Waals surface area contributed by atoms with Crippen LogP contribution in [0.5, 0.6) is 0 Å². The lowest BCUT2D eigenvalue weighted by Gasteiger charge is -2.44. The Kier molecular flexibility index (Phi) is 2.88. The number of rotatable bonds is 3. The minimum atomic E-state index is -0.304. The van der Waals surface area contributed by atoms with Gasteiger partial charge in [-0.3, -0.25) is 0 Å². The van der Waals surface area contributed by atoms with Crippen LogP contribution in [0.3, 0.4) is 0 Å². The number of benzene rings is 1. The maximum Gasteiger partial charge on any atom is 0.185 e. The first kappa shape index (κ1) is 12.7. The van der Waals surface area contributed by atoms with E-state index >= 15 is 0 Å². The smallest absolute Gasteiger partial charge is 0.185 e. The minimum absolute atomic E-state index is 0.119. The van der Waals surface area contributed by atoms with Crippen molar-refractivity contribution in [1.29, 1.82) is 0 Å². The molecule has 19 heavy (non-hydrogen) atoms. The predicted octanol–water partition coefficient (Wildman–Crippen LogP) is 2.79. The van der Waals surface area contributed by atoms with E-state index in [2.05, 4.69) is 10.3 Å². The molecule has 3 N–H and O–H groups in total. The highest BCUT2D eigenvalue weighted by molar-refractivity contribution is 7.22.